The number of aliphatic hydroxyl groups is 2. The van der Waals surface area contributed by atoms with Crippen molar-refractivity contribution in [3.05, 3.63) is 189 Å². The molecule has 6 aromatic rings. The summed E-state index contributed by atoms with van der Waals surface area (Å²) in [5.74, 6) is -4.04. The van der Waals surface area contributed by atoms with Crippen molar-refractivity contribution < 1.29 is 82.8 Å². The fourth-order valence-corrected chi connectivity index (χ4v) is 10.0. The molecule has 0 spiro atoms. The molecule has 0 bridgehead atoms. The summed E-state index contributed by atoms with van der Waals surface area (Å²) in [6, 6.07) is 26.0. The first kappa shape index (κ1) is 73.1. The van der Waals surface area contributed by atoms with Gasteiger partial charge in [0.2, 0.25) is 20.0 Å². The molecule has 0 aliphatic rings. The fraction of sp³-hybridized carbons (Fsp3) is 0.359. The lowest BCUT2D eigenvalue weighted by Gasteiger charge is -2.32. The van der Waals surface area contributed by atoms with Crippen molar-refractivity contribution in [3.8, 4) is 11.5 Å². The number of Topliss-reactive ketones (excluding diaryl/α,β-unsaturated/α-hetero) is 1. The van der Waals surface area contributed by atoms with E-state index in [0.29, 0.717) is 40.9 Å². The molecule has 0 heterocycles. The van der Waals surface area contributed by atoms with Crippen LogP contribution in [0.4, 0.5) is 33.7 Å². The smallest absolute Gasteiger partial charge is 0.410 e. The summed E-state index contributed by atoms with van der Waals surface area (Å²) in [6.45, 7) is 7.91. The summed E-state index contributed by atoms with van der Waals surface area (Å²) in [5, 5.41) is 35.1. The summed E-state index contributed by atoms with van der Waals surface area (Å²) in [6.07, 6.45) is -1.85. The second kappa shape index (κ2) is 32.4. The summed E-state index contributed by atoms with van der Waals surface area (Å²) in [5.41, 5.74) is 2.01. The molecule has 91 heavy (non-hydrogen) atoms. The largest absolute Gasteiger partial charge is 0.497 e. The molecule has 0 saturated carbocycles. The van der Waals surface area contributed by atoms with Crippen LogP contribution < -0.4 is 34.0 Å². The molecule has 0 aliphatic heterocycles. The molecule has 0 fully saturated rings. The van der Waals surface area contributed by atoms with Gasteiger partial charge >= 0.3 is 6.09 Å². The molecule has 27 heteroatoms. The Labute approximate surface area is 528 Å². The molecule has 0 aromatic heterocycles. The van der Waals surface area contributed by atoms with Crippen molar-refractivity contribution in [2.24, 2.45) is 5.16 Å². The van der Waals surface area contributed by atoms with Gasteiger partial charge in [0.25, 0.3) is 11.8 Å². The molecule has 0 unspecified atom stereocenters. The van der Waals surface area contributed by atoms with Crippen LogP contribution in [0.15, 0.2) is 126 Å². The van der Waals surface area contributed by atoms with Crippen LogP contribution in [-0.2, 0) is 55.6 Å². The van der Waals surface area contributed by atoms with E-state index in [1.807, 2.05) is 18.2 Å². The van der Waals surface area contributed by atoms with Crippen molar-refractivity contribution in [1.29, 1.82) is 0 Å². The minimum Gasteiger partial charge on any atom is -0.497 e. The van der Waals surface area contributed by atoms with E-state index in [0.717, 1.165) is 57.0 Å². The number of rotatable bonds is 27. The molecule has 5 N–H and O–H groups in total. The zero-order chi connectivity index (χ0) is 67.7. The third-order valence-corrected chi connectivity index (χ3v) is 16.2. The van der Waals surface area contributed by atoms with E-state index < -0.39 is 96.9 Å². The van der Waals surface area contributed by atoms with E-state index in [1.165, 1.54) is 70.5 Å². The number of oxime groups is 1. The van der Waals surface area contributed by atoms with Crippen LogP contribution in [0.3, 0.4) is 0 Å². The van der Waals surface area contributed by atoms with Crippen LogP contribution in [-0.4, -0.2) is 152 Å². The Morgan fingerprint density at radius 2 is 1.01 bits per heavy atom. The van der Waals surface area contributed by atoms with E-state index in [9.17, 15) is 63.8 Å². The minimum atomic E-state index is -3.77. The zero-order valence-electron chi connectivity index (χ0n) is 52.5. The van der Waals surface area contributed by atoms with Gasteiger partial charge < -0.3 is 50.1 Å². The molecular formula is C64H77F4N7O14S2. The highest BCUT2D eigenvalue weighted by molar-refractivity contribution is 7.92. The van der Waals surface area contributed by atoms with Gasteiger partial charge in [-0.05, 0) is 155 Å². The Morgan fingerprint density at radius 1 is 0.582 bits per heavy atom. The van der Waals surface area contributed by atoms with E-state index in [4.69, 9.17) is 19.0 Å². The highest BCUT2D eigenvalue weighted by Crippen LogP contribution is 2.26. The molecule has 0 aliphatic carbocycles. The number of nitrogens with one attached hydrogen (secondary N) is 3. The lowest BCUT2D eigenvalue weighted by atomic mass is 9.99. The molecule has 0 saturated heterocycles. The number of carbonyl (C=O) groups is 4. The number of benzene rings is 6. The van der Waals surface area contributed by atoms with Crippen molar-refractivity contribution in [2.75, 3.05) is 69.6 Å². The number of ketones is 1. The molecule has 492 valence electrons. The number of sulfonamides is 2. The average molecular weight is 1310 g/mol. The molecule has 21 nitrogen and oxygen atoms in total. The average Bonchev–Trinajstić information content (AvgIpc) is 0.883. The molecule has 0 radical (unpaired) electrons. The van der Waals surface area contributed by atoms with E-state index in [2.05, 4.69) is 21.1 Å². The van der Waals surface area contributed by atoms with Crippen LogP contribution >= 0.6 is 0 Å². The monoisotopic (exact) mass is 1310 g/mol. The number of nitrogens with zero attached hydrogens (tertiary/aromatic N) is 4. The van der Waals surface area contributed by atoms with Gasteiger partial charge in [0, 0.05) is 68.1 Å². The quantitative estimate of drug-likeness (QED) is 0.0142. The Bertz CT molecular complexity index is 3780. The van der Waals surface area contributed by atoms with Crippen LogP contribution in [0.2, 0.25) is 0 Å². The Balaban J connectivity index is 0.000000333. The van der Waals surface area contributed by atoms with E-state index in [1.54, 1.807) is 71.2 Å². The summed E-state index contributed by atoms with van der Waals surface area (Å²) < 4.78 is 123. The minimum absolute atomic E-state index is 0.0275. The molecule has 3 amide bonds. The number of hydrogen-bond acceptors (Lipinski definition) is 16. The Kier molecular flexibility index (Phi) is 26.0. The van der Waals surface area contributed by atoms with Crippen LogP contribution in [0.5, 0.6) is 11.5 Å². The molecular weight excluding hydrogens is 1230 g/mol. The number of ether oxygens (including phenoxy) is 3. The van der Waals surface area contributed by atoms with Gasteiger partial charge in [-0.3, -0.25) is 23.0 Å². The number of anilines is 2. The predicted molar refractivity (Wildman–Crippen MR) is 338 cm³/mol. The second-order valence-corrected chi connectivity index (χ2v) is 26.4. The maximum Gasteiger partial charge on any atom is 0.410 e. The Morgan fingerprint density at radius 3 is 1.45 bits per heavy atom. The van der Waals surface area contributed by atoms with Crippen LogP contribution in [0, 0.1) is 23.3 Å². The number of halogens is 4. The van der Waals surface area contributed by atoms with Crippen LogP contribution in [0.25, 0.3) is 0 Å². The number of aliphatic hydroxyl groups excluding tert-OH is 2. The van der Waals surface area contributed by atoms with Gasteiger partial charge in [-0.1, -0.05) is 29.4 Å². The first-order valence-corrected chi connectivity index (χ1v) is 31.8. The van der Waals surface area contributed by atoms with Gasteiger partial charge in [0.05, 0.1) is 74.7 Å². The van der Waals surface area contributed by atoms with Gasteiger partial charge in [-0.2, -0.15) is 0 Å². The number of methoxy groups -OCH3 is 2. The van der Waals surface area contributed by atoms with Crippen molar-refractivity contribution >= 4 is 60.8 Å². The highest BCUT2D eigenvalue weighted by Gasteiger charge is 2.31. The normalized spacial score (nSPS) is 13.1. The third kappa shape index (κ3) is 23.0. The van der Waals surface area contributed by atoms with Gasteiger partial charge in [0.15, 0.2) is 5.78 Å². The van der Waals surface area contributed by atoms with Crippen molar-refractivity contribution in [1.82, 2.24) is 20.9 Å². The SMILES string of the molecule is CO/N=C(\C)c1cc(C(=O)N[C@@H](Cc2cc(F)cc(F)c2)[C@H](O)CNCc2cccc(OC)c2)cc(N(C)S(C)(=O)=O)c1.COc1cccc(CN(C[C@@H](O)[C@H](Cc2cc(F)cc(F)c2)NC(=O)c2cc(C(C)=O)cc(N(C)S(C)(=O)=O)c2)C(=O)OC(C)(C)C)c1. The second-order valence-electron chi connectivity index (χ2n) is 22.4. The lowest BCUT2D eigenvalue weighted by Crippen LogP contribution is -2.51. The van der Waals surface area contributed by atoms with Gasteiger partial charge in [-0.25, -0.2) is 39.2 Å². The number of carbonyl (C=O) groups excluding carboxylic acids is 4. The zero-order valence-corrected chi connectivity index (χ0v) is 54.1. The summed E-state index contributed by atoms with van der Waals surface area (Å²) in [4.78, 5) is 58.9. The number of hydrogen-bond donors (Lipinski definition) is 5. The molecule has 4 atom stereocenters. The van der Waals surface area contributed by atoms with Crippen molar-refractivity contribution in [2.45, 2.75) is 90.4 Å². The van der Waals surface area contributed by atoms with E-state index >= 15 is 0 Å². The first-order chi connectivity index (χ1) is 42.5. The van der Waals surface area contributed by atoms with E-state index in [-0.39, 0.29) is 71.7 Å². The van der Waals surface area contributed by atoms with Gasteiger partial charge in [0.1, 0.15) is 47.5 Å². The van der Waals surface area contributed by atoms with Gasteiger partial charge in [-0.15, -0.1) is 0 Å². The predicted octanol–water partition coefficient (Wildman–Crippen LogP) is 7.94. The Hall–Kier alpha value is -8.63. The fourth-order valence-electron chi connectivity index (χ4n) is 9.03. The topological polar surface area (TPSA) is 272 Å². The standard InChI is InChI=1S/C34H41F2N3O8S.C30H36F2N4O6S/c1-21(40)24-15-25(17-28(16-24)38(5)48(7,44)45)32(42)37-30(14-23-11-26(35)18-27(36)12-23)31(41)20-39(33(43)47-34(2,3)4)19-22-9-8-10-29(13-22)46-6;1-19(35-42-4)22-13-23(15-26(14-22)36(2)43(5,39)40)30(38)34-28(12-21-9-24(31)16-25(32)10-21)29(37)18-33-17-20-7-6-8-27(11-20)41-3/h8-13,15-18,30-31,41H,14,19-20H2,1-7H3,(H,37,42);6-11,13-16,28-29,33,37H,12,17-18H2,1-5H3,(H,34,38)/b;35-19+/t30-,31+;28-,29+/m00/s1. The molecule has 6 rings (SSSR count). The van der Waals surface area contributed by atoms with Crippen molar-refractivity contribution in [3.63, 3.8) is 0 Å². The molecule has 6 aromatic carbocycles. The number of amides is 3. The summed E-state index contributed by atoms with van der Waals surface area (Å²) >= 11 is 0. The first-order valence-electron chi connectivity index (χ1n) is 28.2. The van der Waals surface area contributed by atoms with Crippen LogP contribution in [0.1, 0.15) is 93.5 Å². The third-order valence-electron chi connectivity index (χ3n) is 13.8. The maximum absolute atomic E-state index is 14.2. The lowest BCUT2D eigenvalue weighted by molar-refractivity contribution is 0.00835. The maximum atomic E-state index is 14.2. The summed E-state index contributed by atoms with van der Waals surface area (Å²) in [7, 11) is -0.434. The highest BCUT2D eigenvalue weighted by atomic mass is 32.2.